The molecule has 1 unspecified atom stereocenters. The smallest absolute Gasteiger partial charge is 0.331 e. The van der Waals surface area contributed by atoms with E-state index in [4.69, 9.17) is 9.47 Å². The Morgan fingerprint density at radius 2 is 2.14 bits per heavy atom. The highest BCUT2D eigenvalue weighted by Crippen LogP contribution is 2.30. The Balaban J connectivity index is 2.36. The maximum atomic E-state index is 11.5. The van der Waals surface area contributed by atoms with Crippen molar-refractivity contribution in [2.24, 2.45) is 5.92 Å². The molecule has 1 rings (SSSR count). The Morgan fingerprint density at radius 3 is 2.77 bits per heavy atom. The first-order chi connectivity index (χ1) is 10.4. The predicted molar refractivity (Wildman–Crippen MR) is 90.8 cm³/mol. The number of methoxy groups -OCH3 is 1. The Hall–Kier alpha value is -1.09. The van der Waals surface area contributed by atoms with E-state index < -0.39 is 0 Å². The number of hydrogen-bond donors (Lipinski definition) is 0. The minimum atomic E-state index is -0.218. The fraction of sp³-hybridized carbons (Fsp3) is 0.737. The zero-order chi connectivity index (χ0) is 16.6. The third kappa shape index (κ3) is 7.26. The van der Waals surface area contributed by atoms with Gasteiger partial charge in [-0.25, -0.2) is 4.79 Å². The van der Waals surface area contributed by atoms with Crippen LogP contribution in [0.2, 0.25) is 0 Å². The predicted octanol–water partition coefficient (Wildman–Crippen LogP) is 4.82. The molecule has 0 saturated carbocycles. The van der Waals surface area contributed by atoms with Gasteiger partial charge < -0.3 is 9.47 Å². The SMILES string of the molecule is CCOC(=O)/C=C1/C=C(CC(C)CCCC(C)(C)OC)CC1. The van der Waals surface area contributed by atoms with Gasteiger partial charge in [-0.1, -0.05) is 31.4 Å². The molecule has 3 heteroatoms. The van der Waals surface area contributed by atoms with Crippen LogP contribution in [0.3, 0.4) is 0 Å². The molecule has 0 spiro atoms. The van der Waals surface area contributed by atoms with Gasteiger partial charge in [-0.2, -0.15) is 0 Å². The van der Waals surface area contributed by atoms with Gasteiger partial charge in [0.1, 0.15) is 0 Å². The lowest BCUT2D eigenvalue weighted by atomic mass is 9.92. The summed E-state index contributed by atoms with van der Waals surface area (Å²) < 4.78 is 10.4. The van der Waals surface area contributed by atoms with E-state index in [1.54, 1.807) is 13.2 Å². The number of allylic oxidation sites excluding steroid dienone is 3. The second kappa shape index (κ2) is 9.14. The Kier molecular flexibility index (Phi) is 7.88. The van der Waals surface area contributed by atoms with E-state index in [9.17, 15) is 4.79 Å². The quantitative estimate of drug-likeness (QED) is 0.452. The first-order valence-corrected chi connectivity index (χ1v) is 8.48. The van der Waals surface area contributed by atoms with E-state index >= 15 is 0 Å². The first kappa shape index (κ1) is 19.0. The van der Waals surface area contributed by atoms with Crippen LogP contribution < -0.4 is 0 Å². The van der Waals surface area contributed by atoms with Gasteiger partial charge in [0.2, 0.25) is 0 Å². The van der Waals surface area contributed by atoms with Crippen LogP contribution >= 0.6 is 0 Å². The highest BCUT2D eigenvalue weighted by atomic mass is 16.5. The zero-order valence-electron chi connectivity index (χ0n) is 14.9. The summed E-state index contributed by atoms with van der Waals surface area (Å²) in [6.45, 7) is 8.87. The van der Waals surface area contributed by atoms with Crippen LogP contribution in [-0.4, -0.2) is 25.3 Å². The van der Waals surface area contributed by atoms with Gasteiger partial charge in [0, 0.05) is 13.2 Å². The van der Waals surface area contributed by atoms with E-state index in [0.29, 0.717) is 12.5 Å². The molecule has 0 aromatic carbocycles. The van der Waals surface area contributed by atoms with Crippen LogP contribution in [-0.2, 0) is 14.3 Å². The van der Waals surface area contributed by atoms with E-state index in [0.717, 1.165) is 31.3 Å². The lowest BCUT2D eigenvalue weighted by Crippen LogP contribution is -2.22. The Morgan fingerprint density at radius 1 is 1.41 bits per heavy atom. The van der Waals surface area contributed by atoms with Crippen molar-refractivity contribution in [3.63, 3.8) is 0 Å². The molecule has 0 radical (unpaired) electrons. The molecule has 0 N–H and O–H groups in total. The molecule has 0 heterocycles. The Bertz CT molecular complexity index is 418. The van der Waals surface area contributed by atoms with Crippen molar-refractivity contribution in [1.82, 2.24) is 0 Å². The van der Waals surface area contributed by atoms with Crippen molar-refractivity contribution in [3.05, 3.63) is 23.3 Å². The second-order valence-electron chi connectivity index (χ2n) is 6.94. The minimum absolute atomic E-state index is 0.0120. The maximum absolute atomic E-state index is 11.5. The molecular weight excluding hydrogens is 276 g/mol. The molecule has 126 valence electrons. The monoisotopic (exact) mass is 308 g/mol. The average Bonchev–Trinajstić information content (AvgIpc) is 2.85. The Labute approximate surface area is 135 Å². The summed E-state index contributed by atoms with van der Waals surface area (Å²) in [6, 6.07) is 0. The molecule has 0 aromatic rings. The van der Waals surface area contributed by atoms with Gasteiger partial charge in [-0.15, -0.1) is 0 Å². The molecule has 1 atom stereocenters. The van der Waals surface area contributed by atoms with Crippen LogP contribution in [0.15, 0.2) is 23.3 Å². The van der Waals surface area contributed by atoms with Crippen LogP contribution in [0.4, 0.5) is 0 Å². The molecule has 0 aliphatic heterocycles. The van der Waals surface area contributed by atoms with Gasteiger partial charge in [0.15, 0.2) is 0 Å². The molecule has 1 aliphatic carbocycles. The number of esters is 1. The lowest BCUT2D eigenvalue weighted by molar-refractivity contribution is -0.137. The first-order valence-electron chi connectivity index (χ1n) is 8.48. The second-order valence-corrected chi connectivity index (χ2v) is 6.94. The standard InChI is InChI=1S/C19H32O3/c1-6-22-18(20)14-17-10-9-16(13-17)12-15(2)8-7-11-19(3,4)21-5/h13-15H,6-12H2,1-5H3/b17-14+. The summed E-state index contributed by atoms with van der Waals surface area (Å²) in [5.74, 6) is 0.464. The van der Waals surface area contributed by atoms with Gasteiger partial charge in [-0.3, -0.25) is 0 Å². The van der Waals surface area contributed by atoms with Crippen molar-refractivity contribution in [2.75, 3.05) is 13.7 Å². The van der Waals surface area contributed by atoms with E-state index in [1.165, 1.54) is 18.4 Å². The number of ether oxygens (including phenoxy) is 2. The average molecular weight is 308 g/mol. The molecule has 0 aromatic heterocycles. The fourth-order valence-electron chi connectivity index (χ4n) is 2.85. The fourth-order valence-corrected chi connectivity index (χ4v) is 2.85. The lowest BCUT2D eigenvalue weighted by Gasteiger charge is -2.23. The van der Waals surface area contributed by atoms with Gasteiger partial charge in [0.25, 0.3) is 0 Å². The third-order valence-electron chi connectivity index (χ3n) is 4.35. The molecule has 3 nitrogen and oxygen atoms in total. The van der Waals surface area contributed by atoms with E-state index in [2.05, 4.69) is 26.8 Å². The van der Waals surface area contributed by atoms with Crippen LogP contribution in [0, 0.1) is 5.92 Å². The summed E-state index contributed by atoms with van der Waals surface area (Å²) in [6.07, 6.45) is 10.5. The highest BCUT2D eigenvalue weighted by Gasteiger charge is 2.17. The molecule has 0 bridgehead atoms. The topological polar surface area (TPSA) is 35.5 Å². The number of hydrogen-bond acceptors (Lipinski definition) is 3. The summed E-state index contributed by atoms with van der Waals surface area (Å²) in [5, 5.41) is 0. The highest BCUT2D eigenvalue weighted by molar-refractivity contribution is 5.83. The van der Waals surface area contributed by atoms with Gasteiger partial charge in [-0.05, 0) is 57.9 Å². The van der Waals surface area contributed by atoms with Crippen LogP contribution in [0.1, 0.15) is 66.2 Å². The minimum Gasteiger partial charge on any atom is -0.463 e. The van der Waals surface area contributed by atoms with Gasteiger partial charge >= 0.3 is 5.97 Å². The number of rotatable bonds is 9. The van der Waals surface area contributed by atoms with E-state index in [1.807, 2.05) is 6.92 Å². The van der Waals surface area contributed by atoms with Gasteiger partial charge in [0.05, 0.1) is 12.2 Å². The number of carbonyl (C=O) groups is 1. The molecule has 0 saturated heterocycles. The molecular formula is C19H32O3. The molecule has 0 fully saturated rings. The normalized spacial score (nSPS) is 18.4. The van der Waals surface area contributed by atoms with Crippen LogP contribution in [0.5, 0.6) is 0 Å². The van der Waals surface area contributed by atoms with Crippen molar-refractivity contribution < 1.29 is 14.3 Å². The largest absolute Gasteiger partial charge is 0.463 e. The summed E-state index contributed by atoms with van der Waals surface area (Å²) >= 11 is 0. The van der Waals surface area contributed by atoms with Crippen molar-refractivity contribution in [2.45, 2.75) is 71.8 Å². The number of carbonyl (C=O) groups excluding carboxylic acids is 1. The summed E-state index contributed by atoms with van der Waals surface area (Å²) in [7, 11) is 1.78. The molecule has 1 aliphatic rings. The summed E-state index contributed by atoms with van der Waals surface area (Å²) in [5.41, 5.74) is 2.57. The van der Waals surface area contributed by atoms with Crippen molar-refractivity contribution in [1.29, 1.82) is 0 Å². The van der Waals surface area contributed by atoms with Crippen LogP contribution in [0.25, 0.3) is 0 Å². The third-order valence-corrected chi connectivity index (χ3v) is 4.35. The maximum Gasteiger partial charge on any atom is 0.331 e. The van der Waals surface area contributed by atoms with Crippen molar-refractivity contribution >= 4 is 5.97 Å². The molecule has 22 heavy (non-hydrogen) atoms. The van der Waals surface area contributed by atoms with E-state index in [-0.39, 0.29) is 11.6 Å². The summed E-state index contributed by atoms with van der Waals surface area (Å²) in [4.78, 5) is 11.5. The molecule has 0 amide bonds. The zero-order valence-corrected chi connectivity index (χ0v) is 14.9. The van der Waals surface area contributed by atoms with Crippen molar-refractivity contribution in [3.8, 4) is 0 Å².